The van der Waals surface area contributed by atoms with E-state index < -0.39 is 0 Å². The third-order valence-electron chi connectivity index (χ3n) is 2.44. The maximum absolute atomic E-state index is 11.1. The summed E-state index contributed by atoms with van der Waals surface area (Å²) in [5.41, 5.74) is 0. The molecule has 80 valence electrons. The first-order valence-corrected chi connectivity index (χ1v) is 5.17. The van der Waals surface area contributed by atoms with E-state index in [0.717, 1.165) is 0 Å². The van der Waals surface area contributed by atoms with Crippen LogP contribution in [0.1, 0.15) is 25.7 Å². The molecule has 1 rings (SSSR count). The number of rotatable bonds is 5. The van der Waals surface area contributed by atoms with E-state index in [-0.39, 0.29) is 5.97 Å². The minimum Gasteiger partial charge on any atom is -0.460 e. The number of hydrogen-bond donors (Lipinski definition) is 0. The van der Waals surface area contributed by atoms with E-state index in [1.54, 1.807) is 13.2 Å². The molecule has 3 nitrogen and oxygen atoms in total. The molecule has 0 unspecified atom stereocenters. The van der Waals surface area contributed by atoms with Gasteiger partial charge in [0.15, 0.2) is 0 Å². The zero-order chi connectivity index (χ0) is 10.2. The number of carbonyl (C=O) groups is 1. The average Bonchev–Trinajstić information content (AvgIpc) is 2.68. The van der Waals surface area contributed by atoms with Gasteiger partial charge in [0.2, 0.25) is 0 Å². The molecule has 14 heavy (non-hydrogen) atoms. The first-order chi connectivity index (χ1) is 6.83. The zero-order valence-electron chi connectivity index (χ0n) is 8.70. The Hall–Kier alpha value is -0.830. The minimum absolute atomic E-state index is 0.256. The fraction of sp³-hybridized carbons (Fsp3) is 0.727. The first-order valence-electron chi connectivity index (χ1n) is 5.17. The molecule has 1 saturated carbocycles. The molecule has 1 fully saturated rings. The van der Waals surface area contributed by atoms with Crippen LogP contribution in [0.5, 0.6) is 0 Å². The predicted molar refractivity (Wildman–Crippen MR) is 53.9 cm³/mol. The number of hydrogen-bond acceptors (Lipinski definition) is 3. The quantitative estimate of drug-likeness (QED) is 0.384. The molecule has 0 radical (unpaired) electrons. The van der Waals surface area contributed by atoms with Gasteiger partial charge in [-0.05, 0) is 18.8 Å². The SMILES string of the molecule is COCCOC(=O)/C=C/C1CCCC1. The lowest BCUT2D eigenvalue weighted by molar-refractivity contribution is -0.139. The Morgan fingerprint density at radius 1 is 1.36 bits per heavy atom. The van der Waals surface area contributed by atoms with E-state index in [1.807, 2.05) is 6.08 Å². The Morgan fingerprint density at radius 2 is 2.07 bits per heavy atom. The maximum Gasteiger partial charge on any atom is 0.330 e. The Labute approximate surface area is 85.1 Å². The Bertz CT molecular complexity index is 193. The van der Waals surface area contributed by atoms with Crippen LogP contribution in [-0.2, 0) is 14.3 Å². The molecule has 1 aliphatic carbocycles. The monoisotopic (exact) mass is 198 g/mol. The molecule has 1 aliphatic rings. The van der Waals surface area contributed by atoms with Crippen molar-refractivity contribution in [2.45, 2.75) is 25.7 Å². The van der Waals surface area contributed by atoms with Gasteiger partial charge in [-0.2, -0.15) is 0 Å². The zero-order valence-corrected chi connectivity index (χ0v) is 8.70. The third kappa shape index (κ3) is 4.42. The number of ether oxygens (including phenoxy) is 2. The number of allylic oxidation sites excluding steroid dienone is 1. The lowest BCUT2D eigenvalue weighted by Gasteiger charge is -2.01. The summed E-state index contributed by atoms with van der Waals surface area (Å²) in [6.45, 7) is 0.799. The normalized spacial score (nSPS) is 17.8. The molecule has 0 bridgehead atoms. The Balaban J connectivity index is 2.12. The predicted octanol–water partition coefficient (Wildman–Crippen LogP) is 1.92. The van der Waals surface area contributed by atoms with E-state index in [2.05, 4.69) is 0 Å². The van der Waals surface area contributed by atoms with Crippen LogP contribution in [0.4, 0.5) is 0 Å². The Kier molecular flexibility index (Phi) is 5.30. The van der Waals surface area contributed by atoms with Crippen LogP contribution in [0.25, 0.3) is 0 Å². The summed E-state index contributed by atoms with van der Waals surface area (Å²) in [7, 11) is 1.59. The van der Waals surface area contributed by atoms with Crippen LogP contribution in [-0.4, -0.2) is 26.3 Å². The molecule has 0 spiro atoms. The molecule has 0 aromatic heterocycles. The van der Waals surface area contributed by atoms with Gasteiger partial charge in [0.1, 0.15) is 6.61 Å². The van der Waals surface area contributed by atoms with E-state index in [9.17, 15) is 4.79 Å². The summed E-state index contributed by atoms with van der Waals surface area (Å²) in [6.07, 6.45) is 8.51. The van der Waals surface area contributed by atoms with E-state index in [1.165, 1.54) is 25.7 Å². The fourth-order valence-electron chi connectivity index (χ4n) is 1.64. The smallest absolute Gasteiger partial charge is 0.330 e. The largest absolute Gasteiger partial charge is 0.460 e. The van der Waals surface area contributed by atoms with Gasteiger partial charge in [0.25, 0.3) is 0 Å². The Morgan fingerprint density at radius 3 is 2.71 bits per heavy atom. The summed E-state index contributed by atoms with van der Waals surface area (Å²) in [4.78, 5) is 11.1. The van der Waals surface area contributed by atoms with Crippen LogP contribution in [0.2, 0.25) is 0 Å². The average molecular weight is 198 g/mol. The van der Waals surface area contributed by atoms with Gasteiger partial charge in [-0.3, -0.25) is 0 Å². The summed E-state index contributed by atoms with van der Waals surface area (Å²) in [5, 5.41) is 0. The molecular formula is C11H18O3. The van der Waals surface area contributed by atoms with Crippen LogP contribution in [0.3, 0.4) is 0 Å². The van der Waals surface area contributed by atoms with Crippen molar-refractivity contribution >= 4 is 5.97 Å². The van der Waals surface area contributed by atoms with Crippen LogP contribution in [0, 0.1) is 5.92 Å². The van der Waals surface area contributed by atoms with Gasteiger partial charge in [0.05, 0.1) is 6.61 Å². The van der Waals surface area contributed by atoms with Crippen molar-refractivity contribution in [1.29, 1.82) is 0 Å². The highest BCUT2D eigenvalue weighted by molar-refractivity contribution is 5.81. The summed E-state index contributed by atoms with van der Waals surface area (Å²) < 4.78 is 9.66. The van der Waals surface area contributed by atoms with Gasteiger partial charge in [-0.15, -0.1) is 0 Å². The van der Waals surface area contributed by atoms with E-state index >= 15 is 0 Å². The van der Waals surface area contributed by atoms with Crippen LogP contribution in [0.15, 0.2) is 12.2 Å². The number of methoxy groups -OCH3 is 1. The molecule has 0 aliphatic heterocycles. The second kappa shape index (κ2) is 6.60. The maximum atomic E-state index is 11.1. The third-order valence-corrected chi connectivity index (χ3v) is 2.44. The van der Waals surface area contributed by atoms with E-state index in [4.69, 9.17) is 9.47 Å². The number of carbonyl (C=O) groups excluding carboxylic acids is 1. The molecule has 0 amide bonds. The second-order valence-electron chi connectivity index (χ2n) is 3.56. The highest BCUT2D eigenvalue weighted by Crippen LogP contribution is 2.25. The van der Waals surface area contributed by atoms with Crippen molar-refractivity contribution in [3.05, 3.63) is 12.2 Å². The molecule has 0 atom stereocenters. The van der Waals surface area contributed by atoms with Crippen molar-refractivity contribution < 1.29 is 14.3 Å². The van der Waals surface area contributed by atoms with E-state index in [0.29, 0.717) is 19.1 Å². The van der Waals surface area contributed by atoms with Gasteiger partial charge in [-0.25, -0.2) is 4.79 Å². The lowest BCUT2D eigenvalue weighted by atomic mass is 10.1. The first kappa shape index (κ1) is 11.2. The molecule has 0 heterocycles. The van der Waals surface area contributed by atoms with Crippen molar-refractivity contribution in [2.24, 2.45) is 5.92 Å². The van der Waals surface area contributed by atoms with Crippen molar-refractivity contribution in [1.82, 2.24) is 0 Å². The molecular weight excluding hydrogens is 180 g/mol. The summed E-state index contributed by atoms with van der Waals surface area (Å²) in [6, 6.07) is 0. The molecule has 0 aromatic rings. The molecule has 0 aromatic carbocycles. The number of esters is 1. The van der Waals surface area contributed by atoms with Crippen LogP contribution >= 0.6 is 0 Å². The van der Waals surface area contributed by atoms with Crippen LogP contribution < -0.4 is 0 Å². The summed E-state index contributed by atoms with van der Waals surface area (Å²) >= 11 is 0. The summed E-state index contributed by atoms with van der Waals surface area (Å²) in [5.74, 6) is 0.332. The van der Waals surface area contributed by atoms with Gasteiger partial charge >= 0.3 is 5.97 Å². The highest BCUT2D eigenvalue weighted by atomic mass is 16.6. The molecule has 0 saturated heterocycles. The van der Waals surface area contributed by atoms with Gasteiger partial charge in [0, 0.05) is 13.2 Å². The molecule has 0 N–H and O–H groups in total. The second-order valence-corrected chi connectivity index (χ2v) is 3.56. The molecule has 3 heteroatoms. The van der Waals surface area contributed by atoms with Crippen molar-refractivity contribution in [3.8, 4) is 0 Å². The van der Waals surface area contributed by atoms with Gasteiger partial charge < -0.3 is 9.47 Å². The standard InChI is InChI=1S/C11H18O3/c1-13-8-9-14-11(12)7-6-10-4-2-3-5-10/h6-7,10H,2-5,8-9H2,1H3/b7-6+. The highest BCUT2D eigenvalue weighted by Gasteiger charge is 2.11. The van der Waals surface area contributed by atoms with Crippen molar-refractivity contribution in [3.63, 3.8) is 0 Å². The topological polar surface area (TPSA) is 35.5 Å². The minimum atomic E-state index is -0.256. The van der Waals surface area contributed by atoms with Gasteiger partial charge in [-0.1, -0.05) is 18.9 Å². The van der Waals surface area contributed by atoms with Crippen molar-refractivity contribution in [2.75, 3.05) is 20.3 Å². The fourth-order valence-corrected chi connectivity index (χ4v) is 1.64. The lowest BCUT2D eigenvalue weighted by Crippen LogP contribution is -2.07.